The van der Waals surface area contributed by atoms with Gasteiger partial charge in [-0.3, -0.25) is 4.79 Å². The number of hydrogen-bond donors (Lipinski definition) is 1. The van der Waals surface area contributed by atoms with Crippen molar-refractivity contribution in [2.45, 2.75) is 25.8 Å². The first-order valence-corrected chi connectivity index (χ1v) is 7.70. The van der Waals surface area contributed by atoms with Crippen molar-refractivity contribution in [1.82, 2.24) is 9.80 Å². The number of carbonyl (C=O) groups is 1. The largest absolute Gasteiger partial charge is 0.398 e. The van der Waals surface area contributed by atoms with E-state index in [1.54, 1.807) is 0 Å². The Labute approximate surface area is 129 Å². The average Bonchev–Trinajstić information content (AvgIpc) is 2.42. The van der Waals surface area contributed by atoms with Gasteiger partial charge in [0.15, 0.2) is 0 Å². The number of anilines is 1. The number of benzene rings is 1. The first-order valence-electron chi connectivity index (χ1n) is 6.91. The van der Waals surface area contributed by atoms with Crippen LogP contribution < -0.4 is 5.73 Å². The van der Waals surface area contributed by atoms with E-state index < -0.39 is 0 Å². The van der Waals surface area contributed by atoms with Gasteiger partial charge < -0.3 is 15.5 Å². The van der Waals surface area contributed by atoms with Crippen LogP contribution in [0.3, 0.4) is 0 Å². The molecule has 1 saturated heterocycles. The topological polar surface area (TPSA) is 49.6 Å². The third-order valence-corrected chi connectivity index (χ3v) is 4.58. The third kappa shape index (κ3) is 3.15. The van der Waals surface area contributed by atoms with Gasteiger partial charge in [-0.15, -0.1) is 0 Å². The van der Waals surface area contributed by atoms with Crippen molar-refractivity contribution >= 4 is 27.5 Å². The number of amides is 1. The number of hydrogen-bond acceptors (Lipinski definition) is 3. The quantitative estimate of drug-likeness (QED) is 0.842. The molecule has 0 aromatic heterocycles. The third-order valence-electron chi connectivity index (χ3n) is 4.13. The van der Waals surface area contributed by atoms with Gasteiger partial charge >= 0.3 is 0 Å². The molecule has 0 aliphatic carbocycles. The molecule has 1 aliphatic heterocycles. The zero-order valence-electron chi connectivity index (χ0n) is 12.3. The maximum absolute atomic E-state index is 12.6. The summed E-state index contributed by atoms with van der Waals surface area (Å²) in [5.41, 5.74) is 8.18. The number of carbonyl (C=O) groups excluding carboxylic acids is 1. The number of rotatable bonds is 2. The van der Waals surface area contributed by atoms with Crippen molar-refractivity contribution < 1.29 is 4.79 Å². The molecular weight excluding hydrogens is 318 g/mol. The Morgan fingerprint density at radius 2 is 1.95 bits per heavy atom. The van der Waals surface area contributed by atoms with Gasteiger partial charge in [0.05, 0.1) is 0 Å². The number of nitrogens with two attached hydrogens (primary N) is 1. The fourth-order valence-electron chi connectivity index (χ4n) is 2.68. The van der Waals surface area contributed by atoms with Crippen LogP contribution in [-0.4, -0.2) is 48.9 Å². The zero-order valence-corrected chi connectivity index (χ0v) is 13.9. The number of nitrogen functional groups attached to an aromatic ring is 1. The van der Waals surface area contributed by atoms with Crippen molar-refractivity contribution in [3.8, 4) is 0 Å². The van der Waals surface area contributed by atoms with Gasteiger partial charge in [0.2, 0.25) is 0 Å². The first kappa shape index (κ1) is 15.3. The van der Waals surface area contributed by atoms with Gasteiger partial charge in [0, 0.05) is 34.9 Å². The number of halogens is 1. The standard InChI is InChI=1S/C15H22BrN3O/c1-10-13(8-11(16)9-14(10)17)15(20)19-6-4-12(5-7-19)18(2)3/h8-9,12H,4-7,17H2,1-3H3. The van der Waals surface area contributed by atoms with Crippen LogP contribution >= 0.6 is 15.9 Å². The van der Waals surface area contributed by atoms with Crippen LogP contribution in [0.15, 0.2) is 16.6 Å². The van der Waals surface area contributed by atoms with E-state index in [-0.39, 0.29) is 5.91 Å². The van der Waals surface area contributed by atoms with E-state index in [0.717, 1.165) is 36.0 Å². The monoisotopic (exact) mass is 339 g/mol. The summed E-state index contributed by atoms with van der Waals surface area (Å²) in [5.74, 6) is 0.0905. The van der Waals surface area contributed by atoms with Crippen LogP contribution in [0.2, 0.25) is 0 Å². The lowest BCUT2D eigenvalue weighted by atomic mass is 10.0. The van der Waals surface area contributed by atoms with Gasteiger partial charge in [-0.1, -0.05) is 15.9 Å². The lowest BCUT2D eigenvalue weighted by Crippen LogP contribution is -2.44. The molecule has 2 rings (SSSR count). The highest BCUT2D eigenvalue weighted by Crippen LogP contribution is 2.25. The molecule has 0 unspecified atom stereocenters. The number of nitrogens with zero attached hydrogens (tertiary/aromatic N) is 2. The van der Waals surface area contributed by atoms with Gasteiger partial charge in [0.25, 0.3) is 5.91 Å². The average molecular weight is 340 g/mol. The molecule has 5 heteroatoms. The minimum Gasteiger partial charge on any atom is -0.398 e. The molecular formula is C15H22BrN3O. The van der Waals surface area contributed by atoms with Crippen molar-refractivity contribution in [1.29, 1.82) is 0 Å². The summed E-state index contributed by atoms with van der Waals surface area (Å²) in [6, 6.07) is 4.28. The second-order valence-corrected chi connectivity index (χ2v) is 6.57. The van der Waals surface area contributed by atoms with E-state index in [1.807, 2.05) is 24.0 Å². The van der Waals surface area contributed by atoms with Crippen LogP contribution in [0.1, 0.15) is 28.8 Å². The Morgan fingerprint density at radius 3 is 2.50 bits per heavy atom. The van der Waals surface area contributed by atoms with Gasteiger partial charge in [0.1, 0.15) is 0 Å². The Bertz CT molecular complexity index is 508. The summed E-state index contributed by atoms with van der Waals surface area (Å²) in [7, 11) is 4.20. The van der Waals surface area contributed by atoms with Gasteiger partial charge in [-0.05, 0) is 51.6 Å². The second kappa shape index (κ2) is 6.14. The molecule has 110 valence electrons. The molecule has 1 heterocycles. The summed E-state index contributed by atoms with van der Waals surface area (Å²) >= 11 is 3.41. The highest BCUT2D eigenvalue weighted by atomic mass is 79.9. The summed E-state index contributed by atoms with van der Waals surface area (Å²) < 4.78 is 0.854. The Kier molecular flexibility index (Phi) is 4.70. The predicted octanol–water partition coefficient (Wildman–Crippen LogP) is 2.51. The van der Waals surface area contributed by atoms with Crippen molar-refractivity contribution in [2.75, 3.05) is 32.9 Å². The van der Waals surface area contributed by atoms with Gasteiger partial charge in [-0.2, -0.15) is 0 Å². The summed E-state index contributed by atoms with van der Waals surface area (Å²) in [6.45, 7) is 3.53. The van der Waals surface area contributed by atoms with Crippen LogP contribution in [0, 0.1) is 6.92 Å². The summed E-state index contributed by atoms with van der Waals surface area (Å²) in [6.07, 6.45) is 2.06. The lowest BCUT2D eigenvalue weighted by molar-refractivity contribution is 0.0662. The molecule has 1 fully saturated rings. The minimum atomic E-state index is 0.0905. The number of piperidine rings is 1. The normalized spacial score (nSPS) is 16.8. The van der Waals surface area contributed by atoms with Crippen LogP contribution in [0.25, 0.3) is 0 Å². The highest BCUT2D eigenvalue weighted by molar-refractivity contribution is 9.10. The fraction of sp³-hybridized carbons (Fsp3) is 0.533. The molecule has 0 saturated carbocycles. The van der Waals surface area contributed by atoms with Crippen LogP contribution in [0.5, 0.6) is 0 Å². The van der Waals surface area contributed by atoms with E-state index in [0.29, 0.717) is 17.3 Å². The molecule has 4 nitrogen and oxygen atoms in total. The molecule has 0 bridgehead atoms. The molecule has 0 atom stereocenters. The van der Waals surface area contributed by atoms with Gasteiger partial charge in [-0.25, -0.2) is 0 Å². The van der Waals surface area contributed by atoms with Crippen LogP contribution in [-0.2, 0) is 0 Å². The molecule has 2 N–H and O–H groups in total. The first-order chi connectivity index (χ1) is 9.40. The van der Waals surface area contributed by atoms with E-state index in [4.69, 9.17) is 5.73 Å². The maximum atomic E-state index is 12.6. The van der Waals surface area contributed by atoms with Crippen LogP contribution in [0.4, 0.5) is 5.69 Å². The second-order valence-electron chi connectivity index (χ2n) is 5.65. The molecule has 1 aromatic rings. The molecule has 1 aliphatic rings. The molecule has 0 radical (unpaired) electrons. The summed E-state index contributed by atoms with van der Waals surface area (Å²) in [4.78, 5) is 16.8. The lowest BCUT2D eigenvalue weighted by Gasteiger charge is -2.35. The van der Waals surface area contributed by atoms with E-state index in [2.05, 4.69) is 34.9 Å². The van der Waals surface area contributed by atoms with E-state index in [1.165, 1.54) is 0 Å². The minimum absolute atomic E-state index is 0.0905. The van der Waals surface area contributed by atoms with E-state index >= 15 is 0 Å². The molecule has 1 aromatic carbocycles. The van der Waals surface area contributed by atoms with Crippen molar-refractivity contribution in [3.05, 3.63) is 27.7 Å². The predicted molar refractivity (Wildman–Crippen MR) is 85.9 cm³/mol. The Morgan fingerprint density at radius 1 is 1.35 bits per heavy atom. The molecule has 20 heavy (non-hydrogen) atoms. The molecule has 0 spiro atoms. The smallest absolute Gasteiger partial charge is 0.254 e. The zero-order chi connectivity index (χ0) is 14.9. The maximum Gasteiger partial charge on any atom is 0.254 e. The Hall–Kier alpha value is -1.07. The number of likely N-dealkylation sites (tertiary alicyclic amines) is 1. The van der Waals surface area contributed by atoms with Crippen molar-refractivity contribution in [2.24, 2.45) is 0 Å². The SMILES string of the molecule is Cc1c(N)cc(Br)cc1C(=O)N1CCC(N(C)C)CC1. The molecule has 1 amide bonds. The fourth-order valence-corrected chi connectivity index (χ4v) is 3.15. The van der Waals surface area contributed by atoms with Crippen molar-refractivity contribution in [3.63, 3.8) is 0 Å². The van der Waals surface area contributed by atoms with E-state index in [9.17, 15) is 4.79 Å². The Balaban J connectivity index is 2.13. The summed E-state index contributed by atoms with van der Waals surface area (Å²) in [5, 5.41) is 0. The highest BCUT2D eigenvalue weighted by Gasteiger charge is 2.25.